The van der Waals surface area contributed by atoms with Gasteiger partial charge in [-0.2, -0.15) is 0 Å². The standard InChI is InChI=1S/C27H32N2O3/c1-4-5-6-14-24(32)29-22-13-8-7-12-20(22)28-21-16-27(2,3)17-23(31)25(21)26(29)18-10-9-11-19(30)15-18/h7-13,15,26,28,30H,4-6,14,16-17H2,1-3H3/t26-/m1/s1. The fourth-order valence-electron chi connectivity index (χ4n) is 4.92. The molecule has 0 bridgehead atoms. The van der Waals surface area contributed by atoms with Crippen molar-refractivity contribution in [3.8, 4) is 5.75 Å². The van der Waals surface area contributed by atoms with Crippen LogP contribution in [-0.2, 0) is 9.59 Å². The van der Waals surface area contributed by atoms with Gasteiger partial charge in [-0.15, -0.1) is 0 Å². The molecule has 1 aliphatic heterocycles. The van der Waals surface area contributed by atoms with Crippen LogP contribution in [0.15, 0.2) is 59.8 Å². The first-order chi connectivity index (χ1) is 15.3. The third-order valence-corrected chi connectivity index (χ3v) is 6.35. The topological polar surface area (TPSA) is 69.6 Å². The number of aromatic hydroxyl groups is 1. The molecule has 0 saturated heterocycles. The Morgan fingerprint density at radius 2 is 1.91 bits per heavy atom. The van der Waals surface area contributed by atoms with Crippen molar-refractivity contribution in [2.45, 2.75) is 65.3 Å². The summed E-state index contributed by atoms with van der Waals surface area (Å²) in [5.41, 5.74) is 3.68. The number of carbonyl (C=O) groups excluding carboxylic acids is 2. The lowest BCUT2D eigenvalue weighted by Gasteiger charge is -2.37. The van der Waals surface area contributed by atoms with Crippen LogP contribution in [0.5, 0.6) is 5.75 Å². The predicted octanol–water partition coefficient (Wildman–Crippen LogP) is 6.12. The van der Waals surface area contributed by atoms with Gasteiger partial charge in [0.15, 0.2) is 5.78 Å². The third kappa shape index (κ3) is 4.29. The second kappa shape index (κ2) is 8.81. The second-order valence-corrected chi connectivity index (χ2v) is 9.69. The fourth-order valence-corrected chi connectivity index (χ4v) is 4.92. The summed E-state index contributed by atoms with van der Waals surface area (Å²) in [6.07, 6.45) is 4.38. The molecule has 2 aromatic carbocycles. The molecule has 1 aliphatic carbocycles. The number of Topliss-reactive ketones (excluding diaryl/α,β-unsaturated/α-hetero) is 1. The Balaban J connectivity index is 1.93. The van der Waals surface area contributed by atoms with E-state index in [0.29, 0.717) is 18.4 Å². The Labute approximate surface area is 190 Å². The number of nitrogens with one attached hydrogen (secondary N) is 1. The van der Waals surface area contributed by atoms with Crippen molar-refractivity contribution in [3.63, 3.8) is 0 Å². The van der Waals surface area contributed by atoms with E-state index >= 15 is 0 Å². The predicted molar refractivity (Wildman–Crippen MR) is 128 cm³/mol. The van der Waals surface area contributed by atoms with Gasteiger partial charge < -0.3 is 10.4 Å². The van der Waals surface area contributed by atoms with Crippen LogP contribution in [0.2, 0.25) is 0 Å². The van der Waals surface area contributed by atoms with Crippen molar-refractivity contribution >= 4 is 23.1 Å². The molecule has 5 nitrogen and oxygen atoms in total. The summed E-state index contributed by atoms with van der Waals surface area (Å²) in [5, 5.41) is 13.7. The van der Waals surface area contributed by atoms with Gasteiger partial charge >= 0.3 is 0 Å². The Morgan fingerprint density at radius 3 is 2.66 bits per heavy atom. The molecule has 1 heterocycles. The van der Waals surface area contributed by atoms with E-state index in [1.54, 1.807) is 23.1 Å². The molecule has 168 valence electrons. The summed E-state index contributed by atoms with van der Waals surface area (Å²) in [6.45, 7) is 6.32. The van der Waals surface area contributed by atoms with Gasteiger partial charge in [0, 0.05) is 24.1 Å². The lowest BCUT2D eigenvalue weighted by Crippen LogP contribution is -2.39. The van der Waals surface area contributed by atoms with Gasteiger partial charge in [0.05, 0.1) is 17.4 Å². The van der Waals surface area contributed by atoms with E-state index in [0.717, 1.165) is 48.3 Å². The number of fused-ring (bicyclic) bond motifs is 1. The summed E-state index contributed by atoms with van der Waals surface area (Å²) < 4.78 is 0. The summed E-state index contributed by atoms with van der Waals surface area (Å²) in [5.74, 6) is 0.167. The number of hydrogen-bond donors (Lipinski definition) is 2. The molecule has 5 heteroatoms. The minimum absolute atomic E-state index is 0.00701. The molecule has 0 spiro atoms. The van der Waals surface area contributed by atoms with Gasteiger partial charge in [-0.3, -0.25) is 14.5 Å². The van der Waals surface area contributed by atoms with Crippen LogP contribution in [0.1, 0.15) is 70.9 Å². The zero-order chi connectivity index (χ0) is 22.9. The molecule has 2 aromatic rings. The van der Waals surface area contributed by atoms with Gasteiger partial charge in [-0.25, -0.2) is 0 Å². The minimum Gasteiger partial charge on any atom is -0.508 e. The maximum atomic E-state index is 13.7. The van der Waals surface area contributed by atoms with Crippen LogP contribution < -0.4 is 10.2 Å². The summed E-state index contributed by atoms with van der Waals surface area (Å²) >= 11 is 0. The van der Waals surface area contributed by atoms with Crippen molar-refractivity contribution in [1.29, 1.82) is 0 Å². The fraction of sp³-hybridized carbons (Fsp3) is 0.407. The second-order valence-electron chi connectivity index (χ2n) is 9.69. The maximum absolute atomic E-state index is 13.7. The molecule has 0 aromatic heterocycles. The first-order valence-corrected chi connectivity index (χ1v) is 11.5. The molecule has 0 unspecified atom stereocenters. The van der Waals surface area contributed by atoms with Gasteiger partial charge in [0.1, 0.15) is 5.75 Å². The number of rotatable bonds is 5. The monoisotopic (exact) mass is 432 g/mol. The third-order valence-electron chi connectivity index (χ3n) is 6.35. The summed E-state index contributed by atoms with van der Waals surface area (Å²) in [6, 6.07) is 14.1. The van der Waals surface area contributed by atoms with E-state index in [2.05, 4.69) is 26.1 Å². The quantitative estimate of drug-likeness (QED) is 0.559. The number of benzene rings is 2. The van der Waals surface area contributed by atoms with E-state index in [9.17, 15) is 14.7 Å². The highest BCUT2D eigenvalue weighted by molar-refractivity contribution is 6.06. The Kier molecular flexibility index (Phi) is 6.09. The lowest BCUT2D eigenvalue weighted by molar-refractivity contribution is -0.119. The molecule has 0 radical (unpaired) electrons. The number of phenols is 1. The van der Waals surface area contributed by atoms with Gasteiger partial charge in [-0.05, 0) is 48.1 Å². The van der Waals surface area contributed by atoms with Gasteiger partial charge in [0.25, 0.3) is 0 Å². The Bertz CT molecular complexity index is 1070. The van der Waals surface area contributed by atoms with E-state index < -0.39 is 6.04 Å². The van der Waals surface area contributed by atoms with E-state index in [1.165, 1.54) is 0 Å². The first kappa shape index (κ1) is 22.1. The van der Waals surface area contributed by atoms with Crippen molar-refractivity contribution in [1.82, 2.24) is 0 Å². The van der Waals surface area contributed by atoms with Crippen molar-refractivity contribution in [3.05, 3.63) is 65.4 Å². The largest absolute Gasteiger partial charge is 0.508 e. The van der Waals surface area contributed by atoms with Crippen LogP contribution in [0.3, 0.4) is 0 Å². The number of carbonyl (C=O) groups is 2. The zero-order valence-corrected chi connectivity index (χ0v) is 19.1. The number of ketones is 1. The molecule has 1 amide bonds. The number of phenolic OH excluding ortho intramolecular Hbond substituents is 1. The van der Waals surface area contributed by atoms with E-state index in [4.69, 9.17) is 0 Å². The molecular formula is C27H32N2O3. The molecule has 2 aliphatic rings. The molecule has 0 fully saturated rings. The van der Waals surface area contributed by atoms with Crippen LogP contribution in [0.4, 0.5) is 11.4 Å². The van der Waals surface area contributed by atoms with Crippen LogP contribution in [0, 0.1) is 5.41 Å². The number of nitrogens with zero attached hydrogens (tertiary/aromatic N) is 1. The Morgan fingerprint density at radius 1 is 1.12 bits per heavy atom. The highest BCUT2D eigenvalue weighted by Crippen LogP contribution is 2.48. The highest BCUT2D eigenvalue weighted by Gasteiger charge is 2.43. The molecular weight excluding hydrogens is 400 g/mol. The van der Waals surface area contributed by atoms with Crippen molar-refractivity contribution < 1.29 is 14.7 Å². The van der Waals surface area contributed by atoms with Crippen molar-refractivity contribution in [2.24, 2.45) is 5.41 Å². The molecule has 2 N–H and O–H groups in total. The average Bonchev–Trinajstić information content (AvgIpc) is 2.87. The van der Waals surface area contributed by atoms with Crippen LogP contribution >= 0.6 is 0 Å². The number of amides is 1. The number of anilines is 2. The number of hydrogen-bond acceptors (Lipinski definition) is 4. The van der Waals surface area contributed by atoms with Crippen LogP contribution in [0.25, 0.3) is 0 Å². The summed E-state index contributed by atoms with van der Waals surface area (Å²) in [4.78, 5) is 29.0. The smallest absolute Gasteiger partial charge is 0.227 e. The number of unbranched alkanes of at least 4 members (excludes halogenated alkanes) is 2. The minimum atomic E-state index is -0.578. The normalized spacial score (nSPS) is 19.7. The van der Waals surface area contributed by atoms with Crippen molar-refractivity contribution in [2.75, 3.05) is 10.2 Å². The van der Waals surface area contributed by atoms with Crippen LogP contribution in [-0.4, -0.2) is 16.8 Å². The Hall–Kier alpha value is -3.08. The number of para-hydroxylation sites is 2. The average molecular weight is 433 g/mol. The molecule has 32 heavy (non-hydrogen) atoms. The van der Waals surface area contributed by atoms with E-state index in [1.807, 2.05) is 30.3 Å². The van der Waals surface area contributed by atoms with Gasteiger partial charge in [-0.1, -0.05) is 57.9 Å². The number of allylic oxidation sites excluding steroid dienone is 1. The molecule has 1 atom stereocenters. The summed E-state index contributed by atoms with van der Waals surface area (Å²) in [7, 11) is 0. The zero-order valence-electron chi connectivity index (χ0n) is 19.1. The first-order valence-electron chi connectivity index (χ1n) is 11.5. The lowest BCUT2D eigenvalue weighted by atomic mass is 9.73. The van der Waals surface area contributed by atoms with E-state index in [-0.39, 0.29) is 22.9 Å². The molecule has 0 saturated carbocycles. The van der Waals surface area contributed by atoms with Gasteiger partial charge in [0.2, 0.25) is 5.91 Å². The molecule has 4 rings (SSSR count). The highest BCUT2D eigenvalue weighted by atomic mass is 16.3. The maximum Gasteiger partial charge on any atom is 0.227 e. The SMILES string of the molecule is CCCCCC(=O)N1c2ccccc2NC2=C(C(=O)CC(C)(C)C2)[C@H]1c1cccc(O)c1.